The van der Waals surface area contributed by atoms with E-state index in [4.69, 9.17) is 0 Å². The summed E-state index contributed by atoms with van der Waals surface area (Å²) in [5.41, 5.74) is 5.34. The topological polar surface area (TPSA) is 35.9 Å². The van der Waals surface area contributed by atoms with Gasteiger partial charge in [0.15, 0.2) is 0 Å². The number of hydrogen-bond acceptors (Lipinski definition) is 3. The molecule has 0 aliphatic carbocycles. The van der Waals surface area contributed by atoms with E-state index in [9.17, 15) is 4.91 Å². The fraction of sp³-hybridized carbons (Fsp3) is 0.368. The van der Waals surface area contributed by atoms with Crippen LogP contribution >= 0.6 is 0 Å². The summed E-state index contributed by atoms with van der Waals surface area (Å²) in [5.74, 6) is 0.330. The van der Waals surface area contributed by atoms with Crippen LogP contribution in [0.15, 0.2) is 53.8 Å². The first-order valence-corrected chi connectivity index (χ1v) is 8.17. The van der Waals surface area contributed by atoms with Gasteiger partial charge in [0.25, 0.3) is 0 Å². The molecule has 1 atom stereocenters. The van der Waals surface area contributed by atoms with Crippen molar-refractivity contribution < 1.29 is 0 Å². The summed E-state index contributed by atoms with van der Waals surface area (Å²) < 4.78 is 0. The van der Waals surface area contributed by atoms with Gasteiger partial charge in [-0.15, -0.1) is 4.91 Å². The summed E-state index contributed by atoms with van der Waals surface area (Å²) in [7, 11) is 1.73. The van der Waals surface area contributed by atoms with Gasteiger partial charge < -0.3 is 4.90 Å². The Balaban J connectivity index is 1.95. The first kappa shape index (κ1) is 15.5. The number of fused-ring (bicyclic) bond motifs is 2. The van der Waals surface area contributed by atoms with Crippen molar-refractivity contribution in [3.63, 3.8) is 0 Å². The number of hydrogen-bond donors (Lipinski definition) is 0. The summed E-state index contributed by atoms with van der Waals surface area (Å²) in [6, 6.07) is 17.3. The van der Waals surface area contributed by atoms with Gasteiger partial charge in [-0.2, -0.15) is 0 Å². The zero-order valence-electron chi connectivity index (χ0n) is 13.8. The van der Waals surface area contributed by atoms with Crippen molar-refractivity contribution >= 4 is 11.4 Å². The van der Waals surface area contributed by atoms with Crippen LogP contribution < -0.4 is 4.90 Å². The van der Waals surface area contributed by atoms with Gasteiger partial charge in [0.05, 0.1) is 5.29 Å². The van der Waals surface area contributed by atoms with Crippen molar-refractivity contribution in [2.75, 3.05) is 25.0 Å². The molecule has 4 nitrogen and oxygen atoms in total. The molecule has 0 aromatic heterocycles. The molecule has 0 N–H and O–H groups in total. The second kappa shape index (κ2) is 6.82. The van der Waals surface area contributed by atoms with Gasteiger partial charge in [-0.3, -0.25) is 5.01 Å². The van der Waals surface area contributed by atoms with E-state index < -0.39 is 0 Å². The Hall–Kier alpha value is -2.36. The minimum absolute atomic E-state index is 0.330. The number of nitrogens with zero attached hydrogens (tertiary/aromatic N) is 3. The zero-order valence-corrected chi connectivity index (χ0v) is 13.8. The quantitative estimate of drug-likeness (QED) is 0.614. The predicted molar refractivity (Wildman–Crippen MR) is 94.9 cm³/mol. The molecule has 1 unspecified atom stereocenters. The second-order valence-corrected chi connectivity index (χ2v) is 6.40. The SMILES string of the molecule is CC(CN(C)N=O)CN1c2ccccc2CCc2ccccc21. The Bertz CT molecular complexity index is 638. The Kier molecular flexibility index (Phi) is 4.60. The van der Waals surface area contributed by atoms with Crippen molar-refractivity contribution in [1.82, 2.24) is 5.01 Å². The van der Waals surface area contributed by atoms with E-state index in [1.54, 1.807) is 7.05 Å². The van der Waals surface area contributed by atoms with E-state index in [0.717, 1.165) is 19.4 Å². The van der Waals surface area contributed by atoms with Crippen LogP contribution in [0.2, 0.25) is 0 Å². The van der Waals surface area contributed by atoms with Gasteiger partial charge in [0.1, 0.15) is 0 Å². The van der Waals surface area contributed by atoms with E-state index >= 15 is 0 Å². The maximum atomic E-state index is 10.6. The molecule has 2 aromatic carbocycles. The van der Waals surface area contributed by atoms with E-state index in [0.29, 0.717) is 12.5 Å². The Morgan fingerprint density at radius 3 is 2.09 bits per heavy atom. The fourth-order valence-electron chi connectivity index (χ4n) is 3.42. The van der Waals surface area contributed by atoms with Gasteiger partial charge in [0, 0.05) is 31.5 Å². The lowest BCUT2D eigenvalue weighted by molar-refractivity contribution is 0.298. The first-order valence-electron chi connectivity index (χ1n) is 8.17. The predicted octanol–water partition coefficient (Wildman–Crippen LogP) is 4.17. The summed E-state index contributed by atoms with van der Waals surface area (Å²) in [4.78, 5) is 13.1. The molecule has 1 aliphatic heterocycles. The van der Waals surface area contributed by atoms with Crippen LogP contribution in [0.3, 0.4) is 0 Å². The molecule has 1 aliphatic rings. The number of rotatable bonds is 5. The maximum absolute atomic E-state index is 10.6. The summed E-state index contributed by atoms with van der Waals surface area (Å²) >= 11 is 0. The Morgan fingerprint density at radius 2 is 1.57 bits per heavy atom. The first-order chi connectivity index (χ1) is 11.2. The highest BCUT2D eigenvalue weighted by atomic mass is 16.3. The van der Waals surface area contributed by atoms with Crippen LogP contribution in [0.5, 0.6) is 0 Å². The van der Waals surface area contributed by atoms with Crippen LogP contribution in [0, 0.1) is 10.8 Å². The van der Waals surface area contributed by atoms with E-state index in [2.05, 4.69) is 65.6 Å². The molecule has 0 fully saturated rings. The van der Waals surface area contributed by atoms with Gasteiger partial charge >= 0.3 is 0 Å². The average molecular weight is 309 g/mol. The number of aryl methyl sites for hydroxylation is 2. The monoisotopic (exact) mass is 309 g/mol. The molecular formula is C19H23N3O. The normalized spacial score (nSPS) is 14.4. The maximum Gasteiger partial charge on any atom is 0.0521 e. The largest absolute Gasteiger partial charge is 0.341 e. The van der Waals surface area contributed by atoms with Crippen LogP contribution in [-0.4, -0.2) is 25.1 Å². The lowest BCUT2D eigenvalue weighted by Crippen LogP contribution is -2.30. The second-order valence-electron chi connectivity index (χ2n) is 6.40. The van der Waals surface area contributed by atoms with Crippen LogP contribution in [0.1, 0.15) is 18.1 Å². The number of para-hydroxylation sites is 2. The van der Waals surface area contributed by atoms with Crippen molar-refractivity contribution in [3.05, 3.63) is 64.6 Å². The highest BCUT2D eigenvalue weighted by Gasteiger charge is 2.22. The van der Waals surface area contributed by atoms with E-state index in [-0.39, 0.29) is 0 Å². The van der Waals surface area contributed by atoms with E-state index in [1.165, 1.54) is 27.5 Å². The fourth-order valence-corrected chi connectivity index (χ4v) is 3.42. The molecule has 120 valence electrons. The van der Waals surface area contributed by atoms with Gasteiger partial charge in [-0.05, 0) is 42.0 Å². The van der Waals surface area contributed by atoms with Gasteiger partial charge in [-0.25, -0.2) is 0 Å². The Morgan fingerprint density at radius 1 is 1.04 bits per heavy atom. The smallest absolute Gasteiger partial charge is 0.0521 e. The zero-order chi connectivity index (χ0) is 16.2. The average Bonchev–Trinajstić information content (AvgIpc) is 2.73. The highest BCUT2D eigenvalue weighted by molar-refractivity contribution is 5.71. The molecule has 4 heteroatoms. The molecule has 3 rings (SSSR count). The summed E-state index contributed by atoms with van der Waals surface area (Å²) in [6.07, 6.45) is 2.13. The molecule has 2 aromatic rings. The molecule has 0 radical (unpaired) electrons. The molecule has 0 spiro atoms. The Labute approximate surface area is 137 Å². The number of benzene rings is 2. The van der Waals surface area contributed by atoms with Gasteiger partial charge in [0.2, 0.25) is 0 Å². The van der Waals surface area contributed by atoms with Crippen LogP contribution in [0.25, 0.3) is 0 Å². The van der Waals surface area contributed by atoms with Crippen LogP contribution in [0.4, 0.5) is 11.4 Å². The third-order valence-corrected chi connectivity index (χ3v) is 4.44. The lowest BCUT2D eigenvalue weighted by Gasteiger charge is -2.30. The minimum Gasteiger partial charge on any atom is -0.341 e. The van der Waals surface area contributed by atoms with Crippen molar-refractivity contribution in [2.24, 2.45) is 11.2 Å². The van der Waals surface area contributed by atoms with E-state index in [1.807, 2.05) is 0 Å². The summed E-state index contributed by atoms with van der Waals surface area (Å²) in [5, 5.41) is 4.47. The number of anilines is 2. The lowest BCUT2D eigenvalue weighted by atomic mass is 10.0. The third-order valence-electron chi connectivity index (χ3n) is 4.44. The third kappa shape index (κ3) is 3.36. The van der Waals surface area contributed by atoms with Gasteiger partial charge in [-0.1, -0.05) is 43.3 Å². The molecule has 23 heavy (non-hydrogen) atoms. The van der Waals surface area contributed by atoms with Crippen molar-refractivity contribution in [1.29, 1.82) is 0 Å². The molecule has 0 saturated heterocycles. The minimum atomic E-state index is 0.330. The molecule has 0 bridgehead atoms. The molecule has 0 saturated carbocycles. The molecule has 1 heterocycles. The summed E-state index contributed by atoms with van der Waals surface area (Å²) in [6.45, 7) is 3.69. The highest BCUT2D eigenvalue weighted by Crippen LogP contribution is 2.36. The molecular weight excluding hydrogens is 286 g/mol. The van der Waals surface area contributed by atoms with Crippen molar-refractivity contribution in [3.8, 4) is 0 Å². The number of nitroso groups, excluding NO2 is 1. The van der Waals surface area contributed by atoms with Crippen LogP contribution in [-0.2, 0) is 12.8 Å². The van der Waals surface area contributed by atoms with Crippen molar-refractivity contribution in [2.45, 2.75) is 19.8 Å². The molecule has 0 amide bonds. The standard InChI is InChI=1S/C19H23N3O/c1-15(13-21(2)20-23)14-22-18-9-5-3-7-16(18)11-12-17-8-4-6-10-19(17)22/h3-10,15H,11-14H2,1-2H3.